The second-order valence-electron chi connectivity index (χ2n) is 15.4. The van der Waals surface area contributed by atoms with Crippen LogP contribution in [-0.4, -0.2) is 143 Å². The van der Waals surface area contributed by atoms with Gasteiger partial charge in [0.1, 0.15) is 48.0 Å². The summed E-state index contributed by atoms with van der Waals surface area (Å²) in [6.45, 7) is 3.07. The highest BCUT2D eigenvalue weighted by molar-refractivity contribution is 7.80. The third-order valence-electron chi connectivity index (χ3n) is 9.77. The number of aliphatic hydroxyl groups excluding tert-OH is 1. The van der Waals surface area contributed by atoms with Crippen molar-refractivity contribution >= 4 is 65.9 Å². The van der Waals surface area contributed by atoms with E-state index >= 15 is 0 Å². The Labute approximate surface area is 382 Å². The average Bonchev–Trinajstić information content (AvgIpc) is 3.27. The molecule has 0 fully saturated rings. The Bertz CT molecular complexity index is 1930. The molecule has 2 aromatic carbocycles. The molecule has 358 valence electrons. The smallest absolute Gasteiger partial charge is 0.326 e. The van der Waals surface area contributed by atoms with Crippen molar-refractivity contribution in [3.8, 4) is 5.75 Å². The Balaban J connectivity index is 2.13. The van der Waals surface area contributed by atoms with Crippen LogP contribution in [0.5, 0.6) is 5.75 Å². The number of aliphatic carboxylic acids is 1. The topological polar surface area (TPSA) is 363 Å². The van der Waals surface area contributed by atoms with Gasteiger partial charge in [-0.3, -0.25) is 38.4 Å². The number of carbonyl (C=O) groups is 9. The minimum Gasteiger partial charge on any atom is -0.508 e. The molecule has 0 bridgehead atoms. The van der Waals surface area contributed by atoms with Gasteiger partial charge in [-0.05, 0) is 61.9 Å². The Morgan fingerprint density at radius 3 is 1.71 bits per heavy atom. The molecule has 0 heterocycles. The van der Waals surface area contributed by atoms with E-state index in [9.17, 15) is 58.5 Å². The number of nitrogens with one attached hydrogen (secondary N) is 8. The summed E-state index contributed by atoms with van der Waals surface area (Å²) in [6, 6.07) is 4.73. The number of nitrogens with two attached hydrogens (primary N) is 2. The quantitative estimate of drug-likeness (QED) is 0.0291. The van der Waals surface area contributed by atoms with Gasteiger partial charge in [0.25, 0.3) is 0 Å². The monoisotopic (exact) mass is 930 g/mol. The zero-order valence-corrected chi connectivity index (χ0v) is 37.4. The molecule has 8 amide bonds. The predicted octanol–water partition coefficient (Wildman–Crippen LogP) is -3.54. The second kappa shape index (κ2) is 28.5. The summed E-state index contributed by atoms with van der Waals surface area (Å²) in [4.78, 5) is 117. The molecule has 2 rings (SSSR count). The predicted molar refractivity (Wildman–Crippen MR) is 240 cm³/mol. The molecule has 15 N–H and O–H groups in total. The number of hydrogen-bond donors (Lipinski definition) is 14. The summed E-state index contributed by atoms with van der Waals surface area (Å²) < 4.78 is 0. The van der Waals surface area contributed by atoms with E-state index in [4.69, 9.17) is 11.5 Å². The van der Waals surface area contributed by atoms with Crippen molar-refractivity contribution in [1.29, 1.82) is 0 Å². The fourth-order valence-electron chi connectivity index (χ4n) is 6.04. The molecule has 0 radical (unpaired) electrons. The van der Waals surface area contributed by atoms with Crippen LogP contribution in [0.1, 0.15) is 51.2 Å². The molecular formula is C42H62N10O12S. The lowest BCUT2D eigenvalue weighted by atomic mass is 10.0. The lowest BCUT2D eigenvalue weighted by Gasteiger charge is -2.28. The van der Waals surface area contributed by atoms with Crippen molar-refractivity contribution in [2.45, 2.75) is 95.2 Å². The van der Waals surface area contributed by atoms with Gasteiger partial charge in [-0.2, -0.15) is 12.6 Å². The number of amides is 8. The Hall–Kier alpha value is -6.30. The molecule has 2 aromatic rings. The summed E-state index contributed by atoms with van der Waals surface area (Å²) in [6.07, 6.45) is 0.912. The maximum atomic E-state index is 13.5. The molecule has 0 aliphatic rings. The Morgan fingerprint density at radius 1 is 0.600 bits per heavy atom. The van der Waals surface area contributed by atoms with E-state index in [0.717, 1.165) is 0 Å². The number of phenols is 1. The number of benzene rings is 2. The van der Waals surface area contributed by atoms with Crippen molar-refractivity contribution in [2.24, 2.45) is 17.4 Å². The van der Waals surface area contributed by atoms with Gasteiger partial charge < -0.3 is 69.3 Å². The third kappa shape index (κ3) is 19.5. The van der Waals surface area contributed by atoms with Crippen LogP contribution in [0.4, 0.5) is 0 Å². The van der Waals surface area contributed by atoms with Gasteiger partial charge in [0.15, 0.2) is 0 Å². The van der Waals surface area contributed by atoms with E-state index in [0.29, 0.717) is 30.5 Å². The first-order valence-corrected chi connectivity index (χ1v) is 21.5. The molecule has 22 nitrogen and oxygen atoms in total. The van der Waals surface area contributed by atoms with Gasteiger partial charge >= 0.3 is 5.97 Å². The van der Waals surface area contributed by atoms with E-state index in [1.807, 2.05) is 0 Å². The number of aromatic hydroxyl groups is 1. The molecular weight excluding hydrogens is 869 g/mol. The van der Waals surface area contributed by atoms with E-state index in [2.05, 4.69) is 55.2 Å². The highest BCUT2D eigenvalue weighted by Crippen LogP contribution is 2.13. The molecule has 0 spiro atoms. The van der Waals surface area contributed by atoms with Crippen LogP contribution < -0.4 is 54.0 Å². The SMILES string of the molecule is CC(C)[C@H](NC(=O)[C@H](CCCCN)NC(=O)CNC(=O)CN)C(=O)N[C@@H](CS)C(=O)N[C@@H](CO)C(=O)N[C@@H](C)C(=O)N[C@@H](Cc1ccc(O)cc1)C(=O)N[C@@H](Cc1ccccc1)C(=O)O. The third-order valence-corrected chi connectivity index (χ3v) is 10.1. The molecule has 23 heteroatoms. The van der Waals surface area contributed by atoms with Crippen LogP contribution in [0.3, 0.4) is 0 Å². The lowest BCUT2D eigenvalue weighted by Crippen LogP contribution is -2.61. The molecule has 0 aliphatic carbocycles. The van der Waals surface area contributed by atoms with Crippen LogP contribution in [0, 0.1) is 5.92 Å². The molecule has 0 aliphatic heterocycles. The molecule has 65 heavy (non-hydrogen) atoms. The largest absolute Gasteiger partial charge is 0.508 e. The summed E-state index contributed by atoms with van der Waals surface area (Å²) >= 11 is 4.16. The number of aliphatic hydroxyl groups is 1. The summed E-state index contributed by atoms with van der Waals surface area (Å²) in [5.41, 5.74) is 12.0. The highest BCUT2D eigenvalue weighted by atomic mass is 32.1. The summed E-state index contributed by atoms with van der Waals surface area (Å²) in [5.74, 6) is -8.79. The van der Waals surface area contributed by atoms with Crippen LogP contribution in [0.2, 0.25) is 0 Å². The summed E-state index contributed by atoms with van der Waals surface area (Å²) in [7, 11) is 0. The van der Waals surface area contributed by atoms with Gasteiger partial charge in [0.2, 0.25) is 47.3 Å². The maximum Gasteiger partial charge on any atom is 0.326 e. The van der Waals surface area contributed by atoms with Crippen LogP contribution in [0.15, 0.2) is 54.6 Å². The van der Waals surface area contributed by atoms with Crippen LogP contribution in [0.25, 0.3) is 0 Å². The first kappa shape index (κ1) is 54.8. The van der Waals surface area contributed by atoms with Crippen molar-refractivity contribution in [2.75, 3.05) is 32.0 Å². The minimum absolute atomic E-state index is 0.0578. The van der Waals surface area contributed by atoms with Crippen LogP contribution >= 0.6 is 12.6 Å². The standard InChI is InChI=1S/C42H62N10O12S/c1-23(2)35(52-37(58)28(11-7-8-16-43)47-34(56)20-45-33(55)19-44)41(62)51-32(22-65)40(61)50-31(21-53)39(60)46-24(3)36(57)48-29(17-26-12-14-27(54)15-13-26)38(59)49-30(42(63)64)18-25-9-5-4-6-10-25/h4-6,9-10,12-15,23-24,28-32,35,53-54,65H,7-8,11,16-22,43-44H2,1-3H3,(H,45,55)(H,46,60)(H,47,56)(H,48,57)(H,49,59)(H,50,61)(H,51,62)(H,52,58)(H,63,64)/t24-,28-,29-,30-,31-,32-,35-/m0/s1. The Kier molecular flexibility index (Phi) is 24.0. The van der Waals surface area contributed by atoms with E-state index < -0.39 is 115 Å². The minimum atomic E-state index is -1.66. The van der Waals surface area contributed by atoms with Gasteiger partial charge in [-0.25, -0.2) is 4.79 Å². The molecule has 0 unspecified atom stereocenters. The van der Waals surface area contributed by atoms with Crippen molar-refractivity contribution in [3.63, 3.8) is 0 Å². The maximum absolute atomic E-state index is 13.5. The van der Waals surface area contributed by atoms with Crippen molar-refractivity contribution in [3.05, 3.63) is 65.7 Å². The Morgan fingerprint density at radius 2 is 1.14 bits per heavy atom. The molecule has 0 saturated carbocycles. The number of hydrogen-bond acceptors (Lipinski definition) is 14. The van der Waals surface area contributed by atoms with Crippen LogP contribution in [-0.2, 0) is 56.0 Å². The normalized spacial score (nSPS) is 14.2. The first-order chi connectivity index (χ1) is 30.8. The number of phenolic OH excluding ortho intramolecular Hbond substituents is 1. The molecule has 0 saturated heterocycles. The fraction of sp³-hybridized carbons (Fsp3) is 0.500. The van der Waals surface area contributed by atoms with Gasteiger partial charge in [0.05, 0.1) is 19.7 Å². The van der Waals surface area contributed by atoms with Crippen molar-refractivity contribution in [1.82, 2.24) is 42.5 Å². The van der Waals surface area contributed by atoms with Gasteiger partial charge in [-0.1, -0.05) is 56.3 Å². The molecule has 7 atom stereocenters. The number of carboxylic acids is 1. The van der Waals surface area contributed by atoms with E-state index in [-0.39, 0.29) is 37.3 Å². The number of thiol groups is 1. The number of unbranched alkanes of at least 4 members (excludes halogenated alkanes) is 1. The fourth-order valence-corrected chi connectivity index (χ4v) is 6.30. The van der Waals surface area contributed by atoms with Gasteiger partial charge in [-0.15, -0.1) is 0 Å². The van der Waals surface area contributed by atoms with E-state index in [1.165, 1.54) is 31.2 Å². The second-order valence-corrected chi connectivity index (χ2v) is 15.7. The zero-order valence-electron chi connectivity index (χ0n) is 36.5. The number of carboxylic acid groups (broad SMARTS) is 1. The number of rotatable bonds is 28. The first-order valence-electron chi connectivity index (χ1n) is 20.9. The highest BCUT2D eigenvalue weighted by Gasteiger charge is 2.34. The van der Waals surface area contributed by atoms with Crippen molar-refractivity contribution < 1.29 is 58.5 Å². The average molecular weight is 931 g/mol. The van der Waals surface area contributed by atoms with E-state index in [1.54, 1.807) is 44.2 Å². The van der Waals surface area contributed by atoms with Gasteiger partial charge in [0, 0.05) is 18.6 Å². The summed E-state index contributed by atoms with van der Waals surface area (Å²) in [5, 5.41) is 49.2. The molecule has 0 aromatic heterocycles. The number of carbonyl (C=O) groups excluding carboxylic acids is 8. The lowest BCUT2D eigenvalue weighted by molar-refractivity contribution is -0.142. The zero-order chi connectivity index (χ0) is 48.6.